The molecule has 1 aromatic carbocycles. The van der Waals surface area contributed by atoms with Crippen LogP contribution in [0.2, 0.25) is 0 Å². The lowest BCUT2D eigenvalue weighted by Crippen LogP contribution is -2.13. The van der Waals surface area contributed by atoms with E-state index >= 15 is 0 Å². The summed E-state index contributed by atoms with van der Waals surface area (Å²) in [5.41, 5.74) is 7.48. The minimum absolute atomic E-state index is 0.0425. The van der Waals surface area contributed by atoms with Crippen LogP contribution in [0.1, 0.15) is 25.7 Å². The van der Waals surface area contributed by atoms with Crippen LogP contribution in [-0.2, 0) is 17.8 Å². The van der Waals surface area contributed by atoms with Crippen molar-refractivity contribution in [3.8, 4) is 0 Å². The molecule has 110 valence electrons. The molecule has 0 fully saturated rings. The first-order valence-electron chi connectivity index (χ1n) is 6.40. The zero-order valence-corrected chi connectivity index (χ0v) is 12.4. The van der Waals surface area contributed by atoms with E-state index in [9.17, 15) is 9.59 Å². The van der Waals surface area contributed by atoms with Gasteiger partial charge >= 0.3 is 5.97 Å². The predicted molar refractivity (Wildman–Crippen MR) is 82.7 cm³/mol. The standard InChI is InChI=1S/C15H16N2O3S/c1-9-12(15(16)20)3-2-4-13(9)17-8-11-6-5-10(21-11)7-14(18)19/h2-6,17H,7-8H2,1H3,(H2,16,20)(H,18,19). The van der Waals surface area contributed by atoms with Crippen LogP contribution in [0.15, 0.2) is 30.3 Å². The van der Waals surface area contributed by atoms with Crippen LogP contribution in [-0.4, -0.2) is 17.0 Å². The number of amides is 1. The maximum atomic E-state index is 11.3. The van der Waals surface area contributed by atoms with Crippen LogP contribution in [0.3, 0.4) is 0 Å². The van der Waals surface area contributed by atoms with E-state index in [4.69, 9.17) is 10.8 Å². The quantitative estimate of drug-likeness (QED) is 0.764. The Hall–Kier alpha value is -2.34. The van der Waals surface area contributed by atoms with Gasteiger partial charge in [0.1, 0.15) is 0 Å². The molecule has 21 heavy (non-hydrogen) atoms. The van der Waals surface area contributed by atoms with E-state index in [0.717, 1.165) is 21.0 Å². The number of hydrogen-bond acceptors (Lipinski definition) is 4. The number of carboxylic acid groups (broad SMARTS) is 1. The SMILES string of the molecule is Cc1c(NCc2ccc(CC(=O)O)s2)cccc1C(N)=O. The molecule has 1 aromatic heterocycles. The Morgan fingerprint density at radius 1 is 1.24 bits per heavy atom. The number of anilines is 1. The molecule has 1 amide bonds. The minimum Gasteiger partial charge on any atom is -0.481 e. The second-order valence-corrected chi connectivity index (χ2v) is 5.89. The number of primary amides is 1. The van der Waals surface area contributed by atoms with Crippen molar-refractivity contribution in [2.45, 2.75) is 19.9 Å². The Bertz CT molecular complexity index is 679. The van der Waals surface area contributed by atoms with Gasteiger partial charge in [-0.05, 0) is 36.8 Å². The van der Waals surface area contributed by atoms with Crippen molar-refractivity contribution in [1.29, 1.82) is 0 Å². The van der Waals surface area contributed by atoms with Gasteiger partial charge in [-0.2, -0.15) is 0 Å². The van der Waals surface area contributed by atoms with E-state index in [1.165, 1.54) is 11.3 Å². The normalized spacial score (nSPS) is 10.3. The molecule has 0 aliphatic carbocycles. The molecule has 1 heterocycles. The number of aliphatic carboxylic acids is 1. The van der Waals surface area contributed by atoms with Crippen molar-refractivity contribution in [3.05, 3.63) is 51.2 Å². The smallest absolute Gasteiger partial charge is 0.308 e. The van der Waals surface area contributed by atoms with Gasteiger partial charge in [0.05, 0.1) is 6.42 Å². The maximum absolute atomic E-state index is 11.3. The third-order valence-electron chi connectivity index (χ3n) is 3.10. The summed E-state index contributed by atoms with van der Waals surface area (Å²) in [6.45, 7) is 2.42. The number of carbonyl (C=O) groups excluding carboxylic acids is 1. The lowest BCUT2D eigenvalue weighted by molar-refractivity contribution is -0.136. The number of carboxylic acids is 1. The van der Waals surface area contributed by atoms with Gasteiger partial charge in [-0.1, -0.05) is 6.07 Å². The topological polar surface area (TPSA) is 92.4 Å². The molecule has 0 bridgehead atoms. The van der Waals surface area contributed by atoms with Crippen LogP contribution in [0.25, 0.3) is 0 Å². The summed E-state index contributed by atoms with van der Waals surface area (Å²) in [5.74, 6) is -1.28. The molecule has 0 aliphatic heterocycles. The Kier molecular flexibility index (Phi) is 4.59. The number of rotatable bonds is 6. The van der Waals surface area contributed by atoms with Crippen LogP contribution >= 0.6 is 11.3 Å². The number of carbonyl (C=O) groups is 2. The summed E-state index contributed by atoms with van der Waals surface area (Å²) in [6.07, 6.45) is 0.0425. The molecule has 0 unspecified atom stereocenters. The number of nitrogens with one attached hydrogen (secondary N) is 1. The van der Waals surface area contributed by atoms with Crippen molar-refractivity contribution < 1.29 is 14.7 Å². The molecule has 2 aromatic rings. The van der Waals surface area contributed by atoms with Crippen molar-refractivity contribution in [2.75, 3.05) is 5.32 Å². The summed E-state index contributed by atoms with van der Waals surface area (Å²) < 4.78 is 0. The highest BCUT2D eigenvalue weighted by atomic mass is 32.1. The molecule has 0 saturated carbocycles. The highest BCUT2D eigenvalue weighted by Gasteiger charge is 2.09. The summed E-state index contributed by atoms with van der Waals surface area (Å²) in [4.78, 5) is 23.8. The molecule has 5 nitrogen and oxygen atoms in total. The third kappa shape index (κ3) is 3.82. The molecule has 0 atom stereocenters. The molecule has 6 heteroatoms. The van der Waals surface area contributed by atoms with Gasteiger partial charge in [0.2, 0.25) is 5.91 Å². The monoisotopic (exact) mass is 304 g/mol. The van der Waals surface area contributed by atoms with E-state index in [-0.39, 0.29) is 6.42 Å². The van der Waals surface area contributed by atoms with Gasteiger partial charge < -0.3 is 16.2 Å². The molecular weight excluding hydrogens is 288 g/mol. The lowest BCUT2D eigenvalue weighted by Gasteiger charge is -2.11. The van der Waals surface area contributed by atoms with Crippen molar-refractivity contribution in [3.63, 3.8) is 0 Å². The van der Waals surface area contributed by atoms with Crippen molar-refractivity contribution in [1.82, 2.24) is 0 Å². The summed E-state index contributed by atoms with van der Waals surface area (Å²) >= 11 is 1.46. The van der Waals surface area contributed by atoms with Crippen molar-refractivity contribution in [2.24, 2.45) is 5.73 Å². The number of thiophene rings is 1. The van der Waals surface area contributed by atoms with E-state index in [2.05, 4.69) is 5.32 Å². The lowest BCUT2D eigenvalue weighted by atomic mass is 10.1. The van der Waals surface area contributed by atoms with E-state index in [0.29, 0.717) is 12.1 Å². The fourth-order valence-electron chi connectivity index (χ4n) is 2.04. The first-order valence-corrected chi connectivity index (χ1v) is 7.21. The van der Waals surface area contributed by atoms with E-state index in [1.54, 1.807) is 12.1 Å². The largest absolute Gasteiger partial charge is 0.481 e. The Balaban J connectivity index is 2.06. The maximum Gasteiger partial charge on any atom is 0.308 e. The zero-order valence-electron chi connectivity index (χ0n) is 11.6. The van der Waals surface area contributed by atoms with Gasteiger partial charge in [0.25, 0.3) is 0 Å². The highest BCUT2D eigenvalue weighted by molar-refractivity contribution is 7.12. The fraction of sp³-hybridized carbons (Fsp3) is 0.200. The second-order valence-electron chi connectivity index (χ2n) is 4.63. The molecule has 0 radical (unpaired) electrons. The van der Waals surface area contributed by atoms with Gasteiger partial charge in [-0.3, -0.25) is 9.59 Å². The summed E-state index contributed by atoms with van der Waals surface area (Å²) in [5, 5.41) is 12.0. The molecule has 2 rings (SSSR count). The second kappa shape index (κ2) is 6.41. The summed E-state index contributed by atoms with van der Waals surface area (Å²) in [7, 11) is 0. The highest BCUT2D eigenvalue weighted by Crippen LogP contribution is 2.22. The first kappa shape index (κ1) is 15.1. The summed E-state index contributed by atoms with van der Waals surface area (Å²) in [6, 6.07) is 9.08. The third-order valence-corrected chi connectivity index (χ3v) is 4.18. The minimum atomic E-state index is -0.832. The van der Waals surface area contributed by atoms with Crippen LogP contribution in [0.4, 0.5) is 5.69 Å². The van der Waals surface area contributed by atoms with Crippen LogP contribution < -0.4 is 11.1 Å². The molecule has 0 saturated heterocycles. The Morgan fingerprint density at radius 2 is 1.95 bits per heavy atom. The van der Waals surface area contributed by atoms with E-state index in [1.807, 2.05) is 25.1 Å². The molecule has 0 spiro atoms. The Labute approximate surface area is 126 Å². The molecule has 0 aliphatic rings. The molecule has 4 N–H and O–H groups in total. The molecular formula is C15H16N2O3S. The number of hydrogen-bond donors (Lipinski definition) is 3. The van der Waals surface area contributed by atoms with Gasteiger partial charge in [-0.25, -0.2) is 0 Å². The fourth-order valence-corrected chi connectivity index (χ4v) is 2.99. The number of benzene rings is 1. The average molecular weight is 304 g/mol. The Morgan fingerprint density at radius 3 is 2.62 bits per heavy atom. The van der Waals surface area contributed by atoms with Crippen molar-refractivity contribution >= 4 is 28.9 Å². The van der Waals surface area contributed by atoms with Gasteiger partial charge in [0.15, 0.2) is 0 Å². The van der Waals surface area contributed by atoms with Crippen LogP contribution in [0, 0.1) is 6.92 Å². The zero-order chi connectivity index (χ0) is 15.4. The van der Waals surface area contributed by atoms with Crippen LogP contribution in [0.5, 0.6) is 0 Å². The van der Waals surface area contributed by atoms with Gasteiger partial charge in [0, 0.05) is 27.5 Å². The van der Waals surface area contributed by atoms with Gasteiger partial charge in [-0.15, -0.1) is 11.3 Å². The average Bonchev–Trinajstić information content (AvgIpc) is 2.84. The number of nitrogens with two attached hydrogens (primary N) is 1. The predicted octanol–water partition coefficient (Wildman–Crippen LogP) is 2.39. The van der Waals surface area contributed by atoms with E-state index < -0.39 is 11.9 Å². The first-order chi connectivity index (χ1) is 9.97.